The minimum atomic E-state index is -0.0666. The van der Waals surface area contributed by atoms with E-state index < -0.39 is 0 Å². The summed E-state index contributed by atoms with van der Waals surface area (Å²) in [6.07, 6.45) is 0.679. The number of rotatable bonds is 7. The second-order valence-electron chi connectivity index (χ2n) is 4.57. The molecule has 0 spiro atoms. The van der Waals surface area contributed by atoms with Crippen LogP contribution in [0.15, 0.2) is 18.2 Å². The Morgan fingerprint density at radius 3 is 2.79 bits per heavy atom. The summed E-state index contributed by atoms with van der Waals surface area (Å²) in [5.74, 6) is -0.0666. The number of aryl methyl sites for hydroxylation is 1. The number of nitrogens with zero attached hydrogens (tertiary/aromatic N) is 1. The number of benzene rings is 1. The summed E-state index contributed by atoms with van der Waals surface area (Å²) in [6.45, 7) is 5.89. The van der Waals surface area contributed by atoms with Gasteiger partial charge in [0, 0.05) is 24.5 Å². The van der Waals surface area contributed by atoms with Crippen LogP contribution in [0.4, 0.5) is 11.4 Å². The minimum absolute atomic E-state index is 0.0666. The molecule has 106 valence electrons. The zero-order chi connectivity index (χ0) is 14.3. The maximum absolute atomic E-state index is 11.9. The highest BCUT2D eigenvalue weighted by molar-refractivity contribution is 5.92. The largest absolute Gasteiger partial charge is 0.398 e. The fourth-order valence-corrected chi connectivity index (χ4v) is 1.77. The number of likely N-dealkylation sites (N-methyl/N-ethyl adjacent to an activating group) is 1. The molecule has 0 bridgehead atoms. The summed E-state index contributed by atoms with van der Waals surface area (Å²) in [6, 6.07) is 5.49. The number of nitrogen functional groups attached to an aromatic ring is 1. The molecular weight excluding hydrogens is 242 g/mol. The Morgan fingerprint density at radius 2 is 2.21 bits per heavy atom. The van der Waals surface area contributed by atoms with Crippen molar-refractivity contribution in [2.45, 2.75) is 20.3 Å². The third kappa shape index (κ3) is 5.28. The molecule has 0 saturated heterocycles. The zero-order valence-corrected chi connectivity index (χ0v) is 11.6. The smallest absolute Gasteiger partial charge is 0.238 e. The first kappa shape index (κ1) is 15.5. The van der Waals surface area contributed by atoms with Crippen molar-refractivity contribution in [2.75, 3.05) is 37.3 Å². The molecule has 0 aliphatic carbocycles. The van der Waals surface area contributed by atoms with Crippen molar-refractivity contribution >= 4 is 17.3 Å². The van der Waals surface area contributed by atoms with Crippen LogP contribution in [0.2, 0.25) is 0 Å². The van der Waals surface area contributed by atoms with Crippen LogP contribution in [0, 0.1) is 6.92 Å². The van der Waals surface area contributed by atoms with Gasteiger partial charge in [-0.25, -0.2) is 0 Å². The molecule has 5 heteroatoms. The highest BCUT2D eigenvalue weighted by Gasteiger charge is 2.09. The Bertz CT molecular complexity index is 421. The van der Waals surface area contributed by atoms with Gasteiger partial charge in [0.05, 0.1) is 6.54 Å². The van der Waals surface area contributed by atoms with Crippen molar-refractivity contribution in [3.05, 3.63) is 23.8 Å². The molecule has 19 heavy (non-hydrogen) atoms. The molecule has 0 heterocycles. The molecule has 0 fully saturated rings. The molecule has 0 saturated carbocycles. The quantitative estimate of drug-likeness (QED) is 0.648. The summed E-state index contributed by atoms with van der Waals surface area (Å²) >= 11 is 0. The van der Waals surface area contributed by atoms with Crippen LogP contribution in [0.5, 0.6) is 0 Å². The molecule has 0 aliphatic rings. The molecule has 0 aliphatic heterocycles. The molecule has 0 radical (unpaired) electrons. The molecule has 5 nitrogen and oxygen atoms in total. The number of amides is 1. The number of nitrogens with two attached hydrogens (primary N) is 1. The van der Waals surface area contributed by atoms with Crippen LogP contribution in [0.3, 0.4) is 0 Å². The SMILES string of the molecule is CCN(CCCO)CC(=O)Nc1ccc(C)c(N)c1. The second kappa shape index (κ2) is 7.76. The highest BCUT2D eigenvalue weighted by Crippen LogP contribution is 2.16. The van der Waals surface area contributed by atoms with Gasteiger partial charge in [-0.3, -0.25) is 9.69 Å². The molecule has 1 aromatic carbocycles. The van der Waals surface area contributed by atoms with E-state index in [0.717, 1.165) is 18.7 Å². The summed E-state index contributed by atoms with van der Waals surface area (Å²) in [5, 5.41) is 11.6. The van der Waals surface area contributed by atoms with Gasteiger partial charge in [-0.05, 0) is 37.6 Å². The standard InChI is InChI=1S/C14H23N3O2/c1-3-17(7-4-8-18)10-14(19)16-12-6-5-11(2)13(15)9-12/h5-6,9,18H,3-4,7-8,10,15H2,1-2H3,(H,16,19). The first-order valence-corrected chi connectivity index (χ1v) is 6.56. The van der Waals surface area contributed by atoms with Gasteiger partial charge in [0.1, 0.15) is 0 Å². The van der Waals surface area contributed by atoms with Gasteiger partial charge in [0.15, 0.2) is 0 Å². The maximum Gasteiger partial charge on any atom is 0.238 e. The van der Waals surface area contributed by atoms with E-state index >= 15 is 0 Å². The number of hydrogen-bond acceptors (Lipinski definition) is 4. The number of aliphatic hydroxyl groups excluding tert-OH is 1. The summed E-state index contributed by atoms with van der Waals surface area (Å²) in [7, 11) is 0. The Labute approximate surface area is 114 Å². The van der Waals surface area contributed by atoms with Crippen molar-refractivity contribution in [1.29, 1.82) is 0 Å². The van der Waals surface area contributed by atoms with E-state index in [1.807, 2.05) is 30.9 Å². The van der Waals surface area contributed by atoms with Gasteiger partial charge in [-0.2, -0.15) is 0 Å². The molecule has 1 aromatic rings. The number of anilines is 2. The van der Waals surface area contributed by atoms with Crippen LogP contribution in [-0.4, -0.2) is 42.2 Å². The van der Waals surface area contributed by atoms with E-state index in [9.17, 15) is 4.79 Å². The van der Waals surface area contributed by atoms with Crippen molar-refractivity contribution in [3.63, 3.8) is 0 Å². The number of aliphatic hydroxyl groups is 1. The van der Waals surface area contributed by atoms with Crippen molar-refractivity contribution in [3.8, 4) is 0 Å². The zero-order valence-electron chi connectivity index (χ0n) is 11.6. The van der Waals surface area contributed by atoms with Gasteiger partial charge in [0.2, 0.25) is 5.91 Å². The molecule has 0 unspecified atom stereocenters. The predicted octanol–water partition coefficient (Wildman–Crippen LogP) is 1.22. The van der Waals surface area contributed by atoms with E-state index in [2.05, 4.69) is 5.32 Å². The lowest BCUT2D eigenvalue weighted by Crippen LogP contribution is -2.34. The van der Waals surface area contributed by atoms with Gasteiger partial charge in [-0.15, -0.1) is 0 Å². The normalized spacial score (nSPS) is 10.7. The van der Waals surface area contributed by atoms with Gasteiger partial charge < -0.3 is 16.2 Å². The number of carbonyl (C=O) groups excluding carboxylic acids is 1. The monoisotopic (exact) mass is 265 g/mol. The van der Waals surface area contributed by atoms with Gasteiger partial charge in [-0.1, -0.05) is 13.0 Å². The van der Waals surface area contributed by atoms with E-state index in [0.29, 0.717) is 24.3 Å². The Hall–Kier alpha value is -1.59. The molecule has 1 amide bonds. The lowest BCUT2D eigenvalue weighted by atomic mass is 10.2. The van der Waals surface area contributed by atoms with E-state index in [-0.39, 0.29) is 12.5 Å². The fourth-order valence-electron chi connectivity index (χ4n) is 1.77. The third-order valence-electron chi connectivity index (χ3n) is 3.01. The van der Waals surface area contributed by atoms with E-state index in [1.165, 1.54) is 0 Å². The molecule has 0 aromatic heterocycles. The van der Waals surface area contributed by atoms with Crippen LogP contribution in [0.1, 0.15) is 18.9 Å². The lowest BCUT2D eigenvalue weighted by Gasteiger charge is -2.19. The topological polar surface area (TPSA) is 78.6 Å². The number of hydrogen-bond donors (Lipinski definition) is 3. The number of nitrogens with one attached hydrogen (secondary N) is 1. The van der Waals surface area contributed by atoms with Gasteiger partial charge >= 0.3 is 0 Å². The van der Waals surface area contributed by atoms with Crippen molar-refractivity contribution in [2.24, 2.45) is 0 Å². The molecule has 4 N–H and O–H groups in total. The highest BCUT2D eigenvalue weighted by atomic mass is 16.3. The summed E-state index contributed by atoms with van der Waals surface area (Å²) in [4.78, 5) is 13.9. The van der Waals surface area contributed by atoms with E-state index in [1.54, 1.807) is 6.07 Å². The van der Waals surface area contributed by atoms with Crippen LogP contribution >= 0.6 is 0 Å². The average molecular weight is 265 g/mol. The van der Waals surface area contributed by atoms with Crippen molar-refractivity contribution < 1.29 is 9.90 Å². The first-order valence-electron chi connectivity index (χ1n) is 6.56. The Balaban J connectivity index is 2.51. The first-order chi connectivity index (χ1) is 9.06. The molecular formula is C14H23N3O2. The van der Waals surface area contributed by atoms with Crippen molar-refractivity contribution in [1.82, 2.24) is 4.90 Å². The molecule has 0 atom stereocenters. The summed E-state index contributed by atoms with van der Waals surface area (Å²) < 4.78 is 0. The number of carbonyl (C=O) groups is 1. The maximum atomic E-state index is 11.9. The predicted molar refractivity (Wildman–Crippen MR) is 78.0 cm³/mol. The minimum Gasteiger partial charge on any atom is -0.398 e. The van der Waals surface area contributed by atoms with Gasteiger partial charge in [0.25, 0.3) is 0 Å². The van der Waals surface area contributed by atoms with Crippen LogP contribution in [-0.2, 0) is 4.79 Å². The van der Waals surface area contributed by atoms with Crippen LogP contribution in [0.25, 0.3) is 0 Å². The second-order valence-corrected chi connectivity index (χ2v) is 4.57. The van der Waals surface area contributed by atoms with Crippen LogP contribution < -0.4 is 11.1 Å². The average Bonchev–Trinajstić information content (AvgIpc) is 2.38. The Morgan fingerprint density at radius 1 is 1.47 bits per heavy atom. The third-order valence-corrected chi connectivity index (χ3v) is 3.01. The van der Waals surface area contributed by atoms with E-state index in [4.69, 9.17) is 10.8 Å². The summed E-state index contributed by atoms with van der Waals surface area (Å²) in [5.41, 5.74) is 8.18. The lowest BCUT2D eigenvalue weighted by molar-refractivity contribution is -0.117. The fraction of sp³-hybridized carbons (Fsp3) is 0.500. The molecule has 1 rings (SSSR count). The Kier molecular flexibility index (Phi) is 6.32.